The Bertz CT molecular complexity index is 847. The SMILES string of the molecule is CC(C)(CO)C(=O)NNC(=O)c1ccccc1Cc1ccc(C(F)(F)F)cc1. The molecule has 2 rings (SSSR count). The molecular weight excluding hydrogens is 373 g/mol. The summed E-state index contributed by atoms with van der Waals surface area (Å²) in [6, 6.07) is 11.3. The Balaban J connectivity index is 2.12. The van der Waals surface area contributed by atoms with E-state index in [2.05, 4.69) is 10.9 Å². The third-order valence-electron chi connectivity index (χ3n) is 4.24. The van der Waals surface area contributed by atoms with Gasteiger partial charge < -0.3 is 5.11 Å². The van der Waals surface area contributed by atoms with Crippen molar-refractivity contribution >= 4 is 11.8 Å². The van der Waals surface area contributed by atoms with E-state index < -0.39 is 29.0 Å². The Kier molecular flexibility index (Phi) is 6.45. The van der Waals surface area contributed by atoms with E-state index in [1.165, 1.54) is 26.0 Å². The Hall–Kier alpha value is -2.87. The fraction of sp³-hybridized carbons (Fsp3) is 0.300. The fourth-order valence-corrected chi connectivity index (χ4v) is 2.35. The Morgan fingerprint density at radius 1 is 0.964 bits per heavy atom. The summed E-state index contributed by atoms with van der Waals surface area (Å²) in [6.45, 7) is 2.65. The van der Waals surface area contributed by atoms with Gasteiger partial charge >= 0.3 is 6.18 Å². The highest BCUT2D eigenvalue weighted by molar-refractivity contribution is 5.97. The number of aliphatic hydroxyl groups excluding tert-OH is 1. The van der Waals surface area contributed by atoms with E-state index in [1.54, 1.807) is 24.3 Å². The third-order valence-corrected chi connectivity index (χ3v) is 4.24. The summed E-state index contributed by atoms with van der Waals surface area (Å²) >= 11 is 0. The van der Waals surface area contributed by atoms with Crippen LogP contribution in [0.15, 0.2) is 48.5 Å². The summed E-state index contributed by atoms with van der Waals surface area (Å²) < 4.78 is 38.0. The summed E-state index contributed by atoms with van der Waals surface area (Å²) in [5.74, 6) is -1.12. The van der Waals surface area contributed by atoms with Crippen molar-refractivity contribution in [3.63, 3.8) is 0 Å². The Morgan fingerprint density at radius 3 is 2.14 bits per heavy atom. The number of aliphatic hydroxyl groups is 1. The minimum absolute atomic E-state index is 0.248. The van der Waals surface area contributed by atoms with Crippen LogP contribution in [0.3, 0.4) is 0 Å². The molecule has 0 radical (unpaired) electrons. The number of nitrogens with one attached hydrogen (secondary N) is 2. The molecule has 2 aromatic rings. The molecule has 0 heterocycles. The van der Waals surface area contributed by atoms with Crippen molar-refractivity contribution in [3.8, 4) is 0 Å². The van der Waals surface area contributed by atoms with Gasteiger partial charge in [0.25, 0.3) is 5.91 Å². The first-order valence-electron chi connectivity index (χ1n) is 8.50. The first-order chi connectivity index (χ1) is 13.0. The van der Waals surface area contributed by atoms with Gasteiger partial charge in [0, 0.05) is 5.56 Å². The lowest BCUT2D eigenvalue weighted by atomic mass is 9.94. The molecule has 5 nitrogen and oxygen atoms in total. The second kappa shape index (κ2) is 8.43. The highest BCUT2D eigenvalue weighted by Gasteiger charge is 2.30. The molecule has 28 heavy (non-hydrogen) atoms. The predicted molar refractivity (Wildman–Crippen MR) is 97.2 cm³/mol. The van der Waals surface area contributed by atoms with E-state index in [4.69, 9.17) is 0 Å². The first kappa shape index (κ1) is 21.4. The van der Waals surface area contributed by atoms with Crippen LogP contribution >= 0.6 is 0 Å². The largest absolute Gasteiger partial charge is 0.416 e. The highest BCUT2D eigenvalue weighted by Crippen LogP contribution is 2.29. The molecule has 150 valence electrons. The van der Waals surface area contributed by atoms with Crippen LogP contribution in [0.4, 0.5) is 13.2 Å². The van der Waals surface area contributed by atoms with Crippen molar-refractivity contribution in [2.75, 3.05) is 6.61 Å². The molecule has 0 saturated heterocycles. The summed E-state index contributed by atoms with van der Waals surface area (Å²) in [6.07, 6.45) is -4.16. The molecule has 0 unspecified atom stereocenters. The van der Waals surface area contributed by atoms with E-state index in [-0.39, 0.29) is 18.6 Å². The molecule has 2 amide bonds. The van der Waals surface area contributed by atoms with E-state index >= 15 is 0 Å². The summed E-state index contributed by atoms with van der Waals surface area (Å²) in [5, 5.41) is 9.18. The number of carbonyl (C=O) groups is 2. The van der Waals surface area contributed by atoms with Crippen LogP contribution in [-0.4, -0.2) is 23.5 Å². The zero-order chi connectivity index (χ0) is 20.9. The van der Waals surface area contributed by atoms with Gasteiger partial charge in [-0.1, -0.05) is 30.3 Å². The Labute approximate surface area is 160 Å². The van der Waals surface area contributed by atoms with Gasteiger partial charge in [-0.2, -0.15) is 13.2 Å². The number of hydrogen-bond donors (Lipinski definition) is 3. The lowest BCUT2D eigenvalue weighted by Gasteiger charge is -2.21. The minimum Gasteiger partial charge on any atom is -0.395 e. The van der Waals surface area contributed by atoms with Crippen LogP contribution in [0, 0.1) is 5.41 Å². The fourth-order valence-electron chi connectivity index (χ4n) is 2.35. The average Bonchev–Trinajstić information content (AvgIpc) is 2.66. The number of hydrogen-bond acceptors (Lipinski definition) is 3. The molecular formula is C20H21F3N2O3. The summed E-state index contributed by atoms with van der Waals surface area (Å²) in [4.78, 5) is 24.4. The maximum Gasteiger partial charge on any atom is 0.416 e. The molecule has 0 spiro atoms. The maximum absolute atomic E-state index is 12.7. The van der Waals surface area contributed by atoms with Crippen molar-refractivity contribution in [2.45, 2.75) is 26.4 Å². The number of benzene rings is 2. The maximum atomic E-state index is 12.7. The standard InChI is InChI=1S/C20H21F3N2O3/c1-19(2,12-26)18(28)25-24-17(27)16-6-4-3-5-14(16)11-13-7-9-15(10-8-13)20(21,22)23/h3-10,26H,11-12H2,1-2H3,(H,24,27)(H,25,28). The summed E-state index contributed by atoms with van der Waals surface area (Å²) in [7, 11) is 0. The van der Waals surface area contributed by atoms with Crippen molar-refractivity contribution < 1.29 is 27.9 Å². The van der Waals surface area contributed by atoms with Crippen molar-refractivity contribution in [1.82, 2.24) is 10.9 Å². The zero-order valence-electron chi connectivity index (χ0n) is 15.4. The Morgan fingerprint density at radius 2 is 1.57 bits per heavy atom. The van der Waals surface area contributed by atoms with Crippen molar-refractivity contribution in [1.29, 1.82) is 0 Å². The van der Waals surface area contributed by atoms with Gasteiger partial charge in [0.2, 0.25) is 5.91 Å². The number of amides is 2. The number of rotatable bonds is 5. The van der Waals surface area contributed by atoms with Gasteiger partial charge in [-0.25, -0.2) is 0 Å². The number of hydrazine groups is 1. The molecule has 0 bridgehead atoms. The predicted octanol–water partition coefficient (Wildman–Crippen LogP) is 3.08. The highest BCUT2D eigenvalue weighted by atomic mass is 19.4. The van der Waals surface area contributed by atoms with E-state index in [0.29, 0.717) is 11.1 Å². The third kappa shape index (κ3) is 5.32. The lowest BCUT2D eigenvalue weighted by molar-refractivity contribution is -0.137. The van der Waals surface area contributed by atoms with E-state index in [0.717, 1.165) is 12.1 Å². The monoisotopic (exact) mass is 394 g/mol. The van der Waals surface area contributed by atoms with Gasteiger partial charge in [0.15, 0.2) is 0 Å². The van der Waals surface area contributed by atoms with Crippen LogP contribution in [0.1, 0.15) is 40.9 Å². The number of halogens is 3. The van der Waals surface area contributed by atoms with Crippen molar-refractivity contribution in [2.24, 2.45) is 5.41 Å². The van der Waals surface area contributed by atoms with Crippen LogP contribution in [0.25, 0.3) is 0 Å². The molecule has 0 aromatic heterocycles. The van der Waals surface area contributed by atoms with Gasteiger partial charge in [0.05, 0.1) is 17.6 Å². The molecule has 0 aliphatic heterocycles. The zero-order valence-corrected chi connectivity index (χ0v) is 15.4. The van der Waals surface area contributed by atoms with Gasteiger partial charge in [-0.15, -0.1) is 0 Å². The first-order valence-corrected chi connectivity index (χ1v) is 8.50. The second-order valence-electron chi connectivity index (χ2n) is 6.98. The number of alkyl halides is 3. The molecule has 8 heteroatoms. The van der Waals surface area contributed by atoms with Gasteiger partial charge in [-0.3, -0.25) is 20.4 Å². The second-order valence-corrected chi connectivity index (χ2v) is 6.98. The summed E-state index contributed by atoms with van der Waals surface area (Å²) in [5.41, 5.74) is 4.24. The molecule has 0 fully saturated rings. The molecule has 0 aliphatic rings. The van der Waals surface area contributed by atoms with Crippen molar-refractivity contribution in [3.05, 3.63) is 70.8 Å². The van der Waals surface area contributed by atoms with E-state index in [1.807, 2.05) is 0 Å². The molecule has 2 aromatic carbocycles. The molecule has 0 aliphatic carbocycles. The topological polar surface area (TPSA) is 78.4 Å². The quantitative estimate of drug-likeness (QED) is 0.682. The van der Waals surface area contributed by atoms with Crippen LogP contribution < -0.4 is 10.9 Å². The van der Waals surface area contributed by atoms with Crippen LogP contribution in [0.5, 0.6) is 0 Å². The van der Waals surface area contributed by atoms with Crippen LogP contribution in [-0.2, 0) is 17.4 Å². The average molecular weight is 394 g/mol. The smallest absolute Gasteiger partial charge is 0.395 e. The van der Waals surface area contributed by atoms with Crippen LogP contribution in [0.2, 0.25) is 0 Å². The van der Waals surface area contributed by atoms with Gasteiger partial charge in [-0.05, 0) is 49.6 Å². The lowest BCUT2D eigenvalue weighted by Crippen LogP contribution is -2.48. The molecule has 0 saturated carbocycles. The van der Waals surface area contributed by atoms with E-state index in [9.17, 15) is 27.9 Å². The van der Waals surface area contributed by atoms with Gasteiger partial charge in [0.1, 0.15) is 0 Å². The molecule has 0 atom stereocenters. The minimum atomic E-state index is -4.41. The number of carbonyl (C=O) groups excluding carboxylic acids is 2. The molecule has 3 N–H and O–H groups in total. The normalized spacial score (nSPS) is 11.8.